The van der Waals surface area contributed by atoms with E-state index in [1.165, 1.54) is 0 Å². The Kier molecular flexibility index (Phi) is 3.21. The number of nitriles is 1. The SMILES string of the molecule is N#CCC1(CNc2c(F)cc(F)cc2Cl)CC1. The summed E-state index contributed by atoms with van der Waals surface area (Å²) in [4.78, 5) is 0. The Hall–Kier alpha value is -1.34. The van der Waals surface area contributed by atoms with Crippen molar-refractivity contribution in [1.29, 1.82) is 5.26 Å². The smallest absolute Gasteiger partial charge is 0.150 e. The third-order valence-electron chi connectivity index (χ3n) is 3.06. The van der Waals surface area contributed by atoms with Gasteiger partial charge in [0.05, 0.1) is 16.8 Å². The van der Waals surface area contributed by atoms with Crippen molar-refractivity contribution in [3.05, 3.63) is 28.8 Å². The first-order chi connectivity index (χ1) is 8.06. The molecule has 0 saturated heterocycles. The van der Waals surface area contributed by atoms with Crippen LogP contribution in [0.25, 0.3) is 0 Å². The molecular formula is C12H11ClF2N2. The van der Waals surface area contributed by atoms with Crippen molar-refractivity contribution in [1.82, 2.24) is 0 Å². The molecule has 0 unspecified atom stereocenters. The lowest BCUT2D eigenvalue weighted by Crippen LogP contribution is -2.16. The highest BCUT2D eigenvalue weighted by Gasteiger charge is 2.42. The van der Waals surface area contributed by atoms with Crippen LogP contribution in [0, 0.1) is 28.4 Å². The largest absolute Gasteiger partial charge is 0.381 e. The fourth-order valence-electron chi connectivity index (χ4n) is 1.75. The first kappa shape index (κ1) is 12.1. The number of halogens is 3. The zero-order valence-electron chi connectivity index (χ0n) is 9.06. The van der Waals surface area contributed by atoms with Gasteiger partial charge in [0.1, 0.15) is 5.82 Å². The molecule has 1 aromatic rings. The fourth-order valence-corrected chi connectivity index (χ4v) is 2.01. The molecule has 1 aromatic carbocycles. The Labute approximate surface area is 103 Å². The highest BCUT2D eigenvalue weighted by molar-refractivity contribution is 6.33. The van der Waals surface area contributed by atoms with E-state index in [4.69, 9.17) is 16.9 Å². The van der Waals surface area contributed by atoms with Gasteiger partial charge in [0, 0.05) is 24.4 Å². The lowest BCUT2D eigenvalue weighted by atomic mass is 10.0. The Morgan fingerprint density at radius 2 is 2.12 bits per heavy atom. The Morgan fingerprint density at radius 1 is 1.41 bits per heavy atom. The molecule has 1 N–H and O–H groups in total. The highest BCUT2D eigenvalue weighted by atomic mass is 35.5. The van der Waals surface area contributed by atoms with Gasteiger partial charge >= 0.3 is 0 Å². The Balaban J connectivity index is 2.07. The van der Waals surface area contributed by atoms with Gasteiger partial charge < -0.3 is 5.32 Å². The van der Waals surface area contributed by atoms with Crippen molar-refractivity contribution in [3.8, 4) is 6.07 Å². The van der Waals surface area contributed by atoms with Crippen molar-refractivity contribution in [3.63, 3.8) is 0 Å². The van der Waals surface area contributed by atoms with Crippen LogP contribution in [0.2, 0.25) is 5.02 Å². The summed E-state index contributed by atoms with van der Waals surface area (Å²) in [6.45, 7) is 0.489. The molecule has 0 atom stereocenters. The predicted octanol–water partition coefficient (Wildman–Crippen LogP) is 3.72. The third kappa shape index (κ3) is 2.67. The van der Waals surface area contributed by atoms with Crippen LogP contribution >= 0.6 is 11.6 Å². The summed E-state index contributed by atoms with van der Waals surface area (Å²) in [5.74, 6) is -1.40. The molecule has 0 aliphatic heterocycles. The number of hydrogen-bond acceptors (Lipinski definition) is 2. The number of anilines is 1. The monoisotopic (exact) mass is 256 g/mol. The topological polar surface area (TPSA) is 35.8 Å². The number of rotatable bonds is 4. The molecule has 1 fully saturated rings. The Morgan fingerprint density at radius 3 is 2.65 bits per heavy atom. The molecule has 90 valence electrons. The minimum Gasteiger partial charge on any atom is -0.381 e. The molecule has 0 aromatic heterocycles. The number of nitrogens with one attached hydrogen (secondary N) is 1. The second kappa shape index (κ2) is 4.50. The fraction of sp³-hybridized carbons (Fsp3) is 0.417. The molecule has 1 saturated carbocycles. The van der Waals surface area contributed by atoms with Crippen molar-refractivity contribution in [2.75, 3.05) is 11.9 Å². The summed E-state index contributed by atoms with van der Waals surface area (Å²) in [6, 6.07) is 3.97. The lowest BCUT2D eigenvalue weighted by Gasteiger charge is -2.15. The van der Waals surface area contributed by atoms with Gasteiger partial charge in [0.15, 0.2) is 5.82 Å². The predicted molar refractivity (Wildman–Crippen MR) is 61.8 cm³/mol. The third-order valence-corrected chi connectivity index (χ3v) is 3.36. The Bertz CT molecular complexity index is 455. The van der Waals surface area contributed by atoms with Gasteiger partial charge in [0.25, 0.3) is 0 Å². The molecule has 0 amide bonds. The van der Waals surface area contributed by atoms with E-state index in [0.717, 1.165) is 25.0 Å². The second-order valence-electron chi connectivity index (χ2n) is 4.43. The van der Waals surface area contributed by atoms with E-state index in [-0.39, 0.29) is 16.1 Å². The molecular weight excluding hydrogens is 246 g/mol. The zero-order valence-corrected chi connectivity index (χ0v) is 9.82. The molecule has 1 aliphatic rings. The van der Waals surface area contributed by atoms with E-state index < -0.39 is 11.6 Å². The van der Waals surface area contributed by atoms with Gasteiger partial charge in [-0.15, -0.1) is 0 Å². The van der Waals surface area contributed by atoms with Crippen LogP contribution < -0.4 is 5.32 Å². The summed E-state index contributed by atoms with van der Waals surface area (Å²) in [6.07, 6.45) is 2.35. The lowest BCUT2D eigenvalue weighted by molar-refractivity contribution is 0.550. The molecule has 0 radical (unpaired) electrons. The van der Waals surface area contributed by atoms with E-state index in [2.05, 4.69) is 11.4 Å². The van der Waals surface area contributed by atoms with Gasteiger partial charge in [-0.3, -0.25) is 0 Å². The van der Waals surface area contributed by atoms with E-state index in [9.17, 15) is 8.78 Å². The first-order valence-corrected chi connectivity index (χ1v) is 5.69. The molecule has 0 heterocycles. The molecule has 1 aliphatic carbocycles. The van der Waals surface area contributed by atoms with E-state index >= 15 is 0 Å². The van der Waals surface area contributed by atoms with Crippen LogP contribution in [0.3, 0.4) is 0 Å². The molecule has 2 rings (SSSR count). The summed E-state index contributed by atoms with van der Waals surface area (Å²) >= 11 is 5.75. The van der Waals surface area contributed by atoms with Gasteiger partial charge in [-0.05, 0) is 18.9 Å². The molecule has 0 bridgehead atoms. The van der Waals surface area contributed by atoms with Crippen LogP contribution in [0.4, 0.5) is 14.5 Å². The second-order valence-corrected chi connectivity index (χ2v) is 4.84. The van der Waals surface area contributed by atoms with Crippen molar-refractivity contribution in [2.24, 2.45) is 5.41 Å². The van der Waals surface area contributed by atoms with Crippen molar-refractivity contribution in [2.45, 2.75) is 19.3 Å². The number of hydrogen-bond donors (Lipinski definition) is 1. The minimum atomic E-state index is -0.706. The van der Waals surface area contributed by atoms with Crippen LogP contribution in [-0.4, -0.2) is 6.54 Å². The quantitative estimate of drug-likeness (QED) is 0.891. The van der Waals surface area contributed by atoms with Crippen LogP contribution in [-0.2, 0) is 0 Å². The highest BCUT2D eigenvalue weighted by Crippen LogP contribution is 2.48. The molecule has 5 heteroatoms. The molecule has 0 spiro atoms. The average Bonchev–Trinajstić information content (AvgIpc) is 2.97. The standard InChI is InChI=1S/C12H11ClF2N2/c13-9-5-8(14)6-10(15)11(9)17-7-12(1-2-12)3-4-16/h5-6,17H,1-3,7H2. The van der Waals surface area contributed by atoms with Crippen molar-refractivity contribution < 1.29 is 8.78 Å². The maximum Gasteiger partial charge on any atom is 0.150 e. The molecule has 2 nitrogen and oxygen atoms in total. The average molecular weight is 257 g/mol. The van der Waals surface area contributed by atoms with Gasteiger partial charge in [-0.2, -0.15) is 5.26 Å². The molecule has 17 heavy (non-hydrogen) atoms. The van der Waals surface area contributed by atoms with Crippen molar-refractivity contribution >= 4 is 17.3 Å². The van der Waals surface area contributed by atoms with Gasteiger partial charge in [-0.25, -0.2) is 8.78 Å². The van der Waals surface area contributed by atoms with E-state index in [1.807, 2.05) is 0 Å². The summed E-state index contributed by atoms with van der Waals surface area (Å²) in [5, 5.41) is 11.6. The van der Waals surface area contributed by atoms with Gasteiger partial charge in [0.2, 0.25) is 0 Å². The van der Waals surface area contributed by atoms with Gasteiger partial charge in [-0.1, -0.05) is 11.6 Å². The van der Waals surface area contributed by atoms with Crippen LogP contribution in [0.1, 0.15) is 19.3 Å². The van der Waals surface area contributed by atoms with Crippen LogP contribution in [0.5, 0.6) is 0 Å². The minimum absolute atomic E-state index is 0.0234. The number of benzene rings is 1. The maximum atomic E-state index is 13.4. The van der Waals surface area contributed by atoms with E-state index in [1.54, 1.807) is 0 Å². The summed E-state index contributed by atoms with van der Waals surface area (Å²) in [5.41, 5.74) is 0.0520. The van der Waals surface area contributed by atoms with E-state index in [0.29, 0.717) is 13.0 Å². The first-order valence-electron chi connectivity index (χ1n) is 5.32. The zero-order chi connectivity index (χ0) is 12.5. The summed E-state index contributed by atoms with van der Waals surface area (Å²) < 4.78 is 26.3. The van der Waals surface area contributed by atoms with Crippen LogP contribution in [0.15, 0.2) is 12.1 Å². The number of nitrogens with zero attached hydrogens (tertiary/aromatic N) is 1. The summed E-state index contributed by atoms with van der Waals surface area (Å²) in [7, 11) is 0. The maximum absolute atomic E-state index is 13.4. The normalized spacial score (nSPS) is 16.4.